The number of thiazole rings is 1. The first-order valence-electron chi connectivity index (χ1n) is 10.5. The van der Waals surface area contributed by atoms with Gasteiger partial charge in [0.25, 0.3) is 0 Å². The second-order valence-corrected chi connectivity index (χ2v) is 8.31. The van der Waals surface area contributed by atoms with Crippen LogP contribution in [0.2, 0.25) is 0 Å². The van der Waals surface area contributed by atoms with Gasteiger partial charge >= 0.3 is 0 Å². The summed E-state index contributed by atoms with van der Waals surface area (Å²) in [6, 6.07) is 23.4. The number of amides is 1. The Morgan fingerprint density at radius 3 is 2.48 bits per heavy atom. The number of para-hydroxylation sites is 1. The fourth-order valence-electron chi connectivity index (χ4n) is 3.50. The van der Waals surface area contributed by atoms with Crippen molar-refractivity contribution in [3.63, 3.8) is 0 Å². The number of benzene rings is 3. The number of hydrogen-bond acceptors (Lipinski definition) is 4. The van der Waals surface area contributed by atoms with E-state index in [-0.39, 0.29) is 11.7 Å². The molecular weight excluding hydrogens is 437 g/mol. The standard InChI is InChI=1S/C26H20FN3O2S/c27-23-9-5-4-8-22(23)24-16-30-19(17-33-26(30)29-24)12-15-25(31)28-18-10-13-21(14-11-18)32-20-6-2-1-3-7-20/h1-11,13-14,16-17H,12,15H2,(H,28,31). The van der Waals surface area contributed by atoms with Crippen LogP contribution in [0.15, 0.2) is 90.4 Å². The number of imidazole rings is 1. The van der Waals surface area contributed by atoms with E-state index >= 15 is 0 Å². The van der Waals surface area contributed by atoms with Crippen LogP contribution in [0.1, 0.15) is 12.1 Å². The first-order valence-corrected chi connectivity index (χ1v) is 11.4. The largest absolute Gasteiger partial charge is 0.457 e. The van der Waals surface area contributed by atoms with Gasteiger partial charge in [-0.3, -0.25) is 9.20 Å². The number of ether oxygens (including phenoxy) is 1. The predicted octanol–water partition coefficient (Wildman–Crippen LogP) is 6.57. The molecule has 164 valence electrons. The van der Waals surface area contributed by atoms with Crippen LogP contribution in [0.5, 0.6) is 11.5 Å². The van der Waals surface area contributed by atoms with Crippen LogP contribution in [0.25, 0.3) is 16.2 Å². The highest BCUT2D eigenvalue weighted by atomic mass is 32.1. The number of carbonyl (C=O) groups is 1. The number of hydrogen-bond donors (Lipinski definition) is 1. The molecule has 0 saturated heterocycles. The van der Waals surface area contributed by atoms with E-state index < -0.39 is 0 Å². The zero-order chi connectivity index (χ0) is 22.6. The van der Waals surface area contributed by atoms with Gasteiger partial charge in [-0.2, -0.15) is 0 Å². The normalized spacial score (nSPS) is 10.9. The summed E-state index contributed by atoms with van der Waals surface area (Å²) in [5, 5.41) is 4.90. The maximum atomic E-state index is 14.1. The number of halogens is 1. The highest BCUT2D eigenvalue weighted by Crippen LogP contribution is 2.26. The van der Waals surface area contributed by atoms with E-state index in [4.69, 9.17) is 4.74 Å². The molecule has 5 rings (SSSR count). The number of rotatable bonds is 7. The second-order valence-electron chi connectivity index (χ2n) is 7.47. The molecule has 0 unspecified atom stereocenters. The molecule has 2 heterocycles. The summed E-state index contributed by atoms with van der Waals surface area (Å²) in [4.78, 5) is 17.8. The van der Waals surface area contributed by atoms with Crippen LogP contribution >= 0.6 is 11.3 Å². The molecule has 0 bridgehead atoms. The second kappa shape index (κ2) is 9.26. The quantitative estimate of drug-likeness (QED) is 0.301. The van der Waals surface area contributed by atoms with Crippen LogP contribution in [0.4, 0.5) is 10.1 Å². The number of carbonyl (C=O) groups excluding carboxylic acids is 1. The van der Waals surface area contributed by atoms with Crippen LogP contribution in [-0.4, -0.2) is 15.3 Å². The van der Waals surface area contributed by atoms with Gasteiger partial charge in [-0.05, 0) is 55.0 Å². The topological polar surface area (TPSA) is 55.6 Å². The minimum atomic E-state index is -0.302. The Bertz CT molecular complexity index is 1390. The van der Waals surface area contributed by atoms with Crippen LogP contribution in [0, 0.1) is 5.82 Å². The molecule has 5 aromatic rings. The zero-order valence-corrected chi connectivity index (χ0v) is 18.4. The molecular formula is C26H20FN3O2S. The Hall–Kier alpha value is -3.97. The fourth-order valence-corrected chi connectivity index (χ4v) is 4.41. The Morgan fingerprint density at radius 1 is 0.970 bits per heavy atom. The molecule has 0 atom stereocenters. The molecule has 0 saturated carbocycles. The van der Waals surface area contributed by atoms with Gasteiger partial charge in [-0.1, -0.05) is 30.3 Å². The maximum Gasteiger partial charge on any atom is 0.224 e. The first kappa shape index (κ1) is 20.9. The molecule has 0 aliphatic rings. The van der Waals surface area contributed by atoms with Gasteiger partial charge in [-0.15, -0.1) is 11.3 Å². The molecule has 2 aromatic heterocycles. The van der Waals surface area contributed by atoms with Crippen molar-refractivity contribution in [3.05, 3.63) is 102 Å². The summed E-state index contributed by atoms with van der Waals surface area (Å²) in [6.07, 6.45) is 2.69. The molecule has 33 heavy (non-hydrogen) atoms. The van der Waals surface area contributed by atoms with Crippen LogP contribution in [-0.2, 0) is 11.2 Å². The molecule has 0 aliphatic carbocycles. The lowest BCUT2D eigenvalue weighted by Crippen LogP contribution is -2.12. The van der Waals surface area contributed by atoms with Crippen LogP contribution in [0.3, 0.4) is 0 Å². The van der Waals surface area contributed by atoms with Gasteiger partial charge < -0.3 is 10.1 Å². The fraction of sp³-hybridized carbons (Fsp3) is 0.0769. The molecule has 0 aliphatic heterocycles. The van der Waals surface area contributed by atoms with Gasteiger partial charge in [0.15, 0.2) is 4.96 Å². The predicted molar refractivity (Wildman–Crippen MR) is 128 cm³/mol. The van der Waals surface area contributed by atoms with Gasteiger partial charge in [-0.25, -0.2) is 9.37 Å². The minimum absolute atomic E-state index is 0.0829. The number of aryl methyl sites for hydroxylation is 1. The summed E-state index contributed by atoms with van der Waals surface area (Å²) in [6.45, 7) is 0. The molecule has 3 aromatic carbocycles. The lowest BCUT2D eigenvalue weighted by Gasteiger charge is -2.08. The van der Waals surface area contributed by atoms with Crippen molar-refractivity contribution in [2.75, 3.05) is 5.32 Å². The van der Waals surface area contributed by atoms with Crippen LogP contribution < -0.4 is 10.1 Å². The summed E-state index contributed by atoms with van der Waals surface area (Å²) in [5.41, 5.74) is 2.73. The maximum absolute atomic E-state index is 14.1. The first-order chi connectivity index (χ1) is 16.2. The number of nitrogens with one attached hydrogen (secondary N) is 1. The molecule has 0 radical (unpaired) electrons. The van der Waals surface area contributed by atoms with Crippen molar-refractivity contribution in [1.29, 1.82) is 0 Å². The monoisotopic (exact) mass is 457 g/mol. The lowest BCUT2D eigenvalue weighted by molar-refractivity contribution is -0.116. The SMILES string of the molecule is O=C(CCc1csc2nc(-c3ccccc3F)cn12)Nc1ccc(Oc2ccccc2)cc1. The minimum Gasteiger partial charge on any atom is -0.457 e. The Balaban J connectivity index is 1.20. The third kappa shape index (κ3) is 4.78. The Morgan fingerprint density at radius 2 is 1.70 bits per heavy atom. The molecule has 7 heteroatoms. The lowest BCUT2D eigenvalue weighted by atomic mass is 10.1. The highest BCUT2D eigenvalue weighted by Gasteiger charge is 2.13. The molecule has 0 spiro atoms. The number of aromatic nitrogens is 2. The molecule has 5 nitrogen and oxygen atoms in total. The zero-order valence-electron chi connectivity index (χ0n) is 17.6. The summed E-state index contributed by atoms with van der Waals surface area (Å²) < 4.78 is 21.8. The van der Waals surface area contributed by atoms with E-state index in [2.05, 4.69) is 10.3 Å². The summed E-state index contributed by atoms with van der Waals surface area (Å²) >= 11 is 1.48. The van der Waals surface area contributed by atoms with E-state index in [9.17, 15) is 9.18 Å². The summed E-state index contributed by atoms with van der Waals surface area (Å²) in [7, 11) is 0. The number of anilines is 1. The number of nitrogens with zero attached hydrogens (tertiary/aromatic N) is 2. The smallest absolute Gasteiger partial charge is 0.224 e. The Kier molecular flexibility index (Phi) is 5.87. The average Bonchev–Trinajstić information content (AvgIpc) is 3.41. The van der Waals surface area contributed by atoms with Crippen molar-refractivity contribution in [2.45, 2.75) is 12.8 Å². The van der Waals surface area contributed by atoms with E-state index in [1.807, 2.05) is 70.6 Å². The number of fused-ring (bicyclic) bond motifs is 1. The van der Waals surface area contributed by atoms with E-state index in [1.54, 1.807) is 18.2 Å². The van der Waals surface area contributed by atoms with Crippen molar-refractivity contribution in [3.8, 4) is 22.8 Å². The molecule has 1 N–H and O–H groups in total. The van der Waals surface area contributed by atoms with E-state index in [1.165, 1.54) is 17.4 Å². The van der Waals surface area contributed by atoms with E-state index in [0.717, 1.165) is 16.4 Å². The Labute approximate surface area is 194 Å². The average molecular weight is 458 g/mol. The van der Waals surface area contributed by atoms with Gasteiger partial charge in [0, 0.05) is 34.9 Å². The molecule has 0 fully saturated rings. The summed E-state index contributed by atoms with van der Waals surface area (Å²) in [5.74, 6) is 1.07. The van der Waals surface area contributed by atoms with Crippen molar-refractivity contribution in [1.82, 2.24) is 9.38 Å². The third-order valence-electron chi connectivity index (χ3n) is 5.16. The third-order valence-corrected chi connectivity index (χ3v) is 6.05. The molecule has 1 amide bonds. The van der Waals surface area contributed by atoms with Gasteiger partial charge in [0.05, 0.1) is 5.69 Å². The van der Waals surface area contributed by atoms with E-state index in [0.29, 0.717) is 35.5 Å². The van der Waals surface area contributed by atoms with Gasteiger partial charge in [0.2, 0.25) is 5.91 Å². The van der Waals surface area contributed by atoms with Gasteiger partial charge in [0.1, 0.15) is 17.3 Å². The van der Waals surface area contributed by atoms with Crippen molar-refractivity contribution in [2.24, 2.45) is 0 Å². The highest BCUT2D eigenvalue weighted by molar-refractivity contribution is 7.15. The van der Waals surface area contributed by atoms with Crippen molar-refractivity contribution < 1.29 is 13.9 Å². The van der Waals surface area contributed by atoms with Crippen molar-refractivity contribution >= 4 is 27.9 Å².